The van der Waals surface area contributed by atoms with Crippen molar-refractivity contribution in [2.45, 2.75) is 4.90 Å². The van der Waals surface area contributed by atoms with Crippen molar-refractivity contribution in [2.75, 3.05) is 0 Å². The molecule has 106 valence electrons. The number of halogens is 2. The molecule has 1 aliphatic rings. The van der Waals surface area contributed by atoms with Gasteiger partial charge in [0.15, 0.2) is 0 Å². The van der Waals surface area contributed by atoms with Crippen LogP contribution in [0.1, 0.15) is 15.9 Å². The monoisotopic (exact) mass is 426 g/mol. The summed E-state index contributed by atoms with van der Waals surface area (Å²) in [6.07, 6.45) is 1.62. The Labute approximate surface area is 141 Å². The lowest BCUT2D eigenvalue weighted by Crippen LogP contribution is -1.93. The summed E-state index contributed by atoms with van der Waals surface area (Å²) in [5.41, 5.74) is 1.13. The van der Waals surface area contributed by atoms with Crippen LogP contribution in [0.25, 0.3) is 6.08 Å². The molecule has 0 aromatic heterocycles. The number of phenols is 2. The van der Waals surface area contributed by atoms with Crippen LogP contribution in [-0.4, -0.2) is 16.0 Å². The third-order valence-corrected chi connectivity index (χ3v) is 5.51. The maximum atomic E-state index is 12.3. The molecule has 0 saturated heterocycles. The van der Waals surface area contributed by atoms with Crippen molar-refractivity contribution in [1.29, 1.82) is 0 Å². The molecule has 3 rings (SSSR count). The fourth-order valence-electron chi connectivity index (χ4n) is 2.00. The van der Waals surface area contributed by atoms with Gasteiger partial charge in [-0.3, -0.25) is 4.79 Å². The molecule has 6 heteroatoms. The van der Waals surface area contributed by atoms with Crippen molar-refractivity contribution in [3.63, 3.8) is 0 Å². The molecule has 2 aromatic carbocycles. The number of hydrogen-bond acceptors (Lipinski definition) is 4. The van der Waals surface area contributed by atoms with E-state index >= 15 is 0 Å². The van der Waals surface area contributed by atoms with Crippen molar-refractivity contribution in [2.24, 2.45) is 0 Å². The summed E-state index contributed by atoms with van der Waals surface area (Å²) in [4.78, 5) is 13.8. The van der Waals surface area contributed by atoms with Crippen LogP contribution >= 0.6 is 43.6 Å². The number of benzene rings is 2. The molecule has 0 aliphatic carbocycles. The third-order valence-electron chi connectivity index (χ3n) is 3.06. The molecule has 21 heavy (non-hydrogen) atoms. The van der Waals surface area contributed by atoms with Crippen molar-refractivity contribution >= 4 is 55.5 Å². The van der Waals surface area contributed by atoms with Crippen LogP contribution in [0.15, 0.2) is 49.1 Å². The topological polar surface area (TPSA) is 57.5 Å². The molecule has 0 amide bonds. The minimum Gasteiger partial charge on any atom is -0.506 e. The highest BCUT2D eigenvalue weighted by molar-refractivity contribution is 9.11. The molecule has 1 heterocycles. The van der Waals surface area contributed by atoms with Crippen LogP contribution in [0.4, 0.5) is 0 Å². The Hall–Kier alpha value is -1.24. The Bertz CT molecular complexity index is 800. The molecular weight excluding hydrogens is 420 g/mol. The van der Waals surface area contributed by atoms with E-state index in [2.05, 4.69) is 31.9 Å². The summed E-state index contributed by atoms with van der Waals surface area (Å²) in [6.45, 7) is 0. The van der Waals surface area contributed by atoms with Crippen molar-refractivity contribution in [1.82, 2.24) is 0 Å². The van der Waals surface area contributed by atoms with Crippen molar-refractivity contribution in [3.05, 3.63) is 55.3 Å². The second kappa shape index (κ2) is 5.51. The van der Waals surface area contributed by atoms with Gasteiger partial charge < -0.3 is 10.2 Å². The van der Waals surface area contributed by atoms with Gasteiger partial charge >= 0.3 is 0 Å². The fraction of sp³-hybridized carbons (Fsp3) is 0. The van der Waals surface area contributed by atoms with Gasteiger partial charge in [-0.1, -0.05) is 23.9 Å². The van der Waals surface area contributed by atoms with Crippen molar-refractivity contribution < 1.29 is 15.0 Å². The molecule has 3 nitrogen and oxygen atoms in total. The maximum absolute atomic E-state index is 12.3. The highest BCUT2D eigenvalue weighted by atomic mass is 79.9. The van der Waals surface area contributed by atoms with E-state index in [0.29, 0.717) is 20.5 Å². The van der Waals surface area contributed by atoms with Crippen molar-refractivity contribution in [3.8, 4) is 11.5 Å². The van der Waals surface area contributed by atoms with E-state index in [9.17, 15) is 15.0 Å². The van der Waals surface area contributed by atoms with Crippen LogP contribution < -0.4 is 0 Å². The van der Waals surface area contributed by atoms with Gasteiger partial charge in [0.25, 0.3) is 0 Å². The van der Waals surface area contributed by atoms with Gasteiger partial charge in [0.1, 0.15) is 16.0 Å². The van der Waals surface area contributed by atoms with Crippen LogP contribution in [-0.2, 0) is 0 Å². The number of fused-ring (bicyclic) bond motifs is 1. The SMILES string of the molecule is O=C1/C(=C/c2cc(Br)c(O)c(Br)c2O)Sc2ccccc21. The first-order chi connectivity index (χ1) is 9.99. The molecule has 2 N–H and O–H groups in total. The molecule has 0 spiro atoms. The Morgan fingerprint density at radius 1 is 1.10 bits per heavy atom. The zero-order chi connectivity index (χ0) is 15.1. The first-order valence-corrected chi connectivity index (χ1v) is 8.32. The van der Waals surface area contributed by atoms with Gasteiger partial charge in [0, 0.05) is 16.0 Å². The quantitative estimate of drug-likeness (QED) is 0.632. The van der Waals surface area contributed by atoms with Gasteiger partial charge in [-0.05, 0) is 56.1 Å². The van der Waals surface area contributed by atoms with Crippen LogP contribution in [0.5, 0.6) is 11.5 Å². The average molecular weight is 428 g/mol. The second-order valence-electron chi connectivity index (χ2n) is 4.39. The third kappa shape index (κ3) is 2.52. The number of aromatic hydroxyl groups is 2. The molecule has 0 fully saturated rings. The van der Waals surface area contributed by atoms with E-state index < -0.39 is 0 Å². The van der Waals surface area contributed by atoms with E-state index in [4.69, 9.17) is 0 Å². The Morgan fingerprint density at radius 2 is 1.81 bits per heavy atom. The molecule has 0 radical (unpaired) electrons. The van der Waals surface area contributed by atoms with E-state index in [1.54, 1.807) is 18.2 Å². The van der Waals surface area contributed by atoms with E-state index in [1.165, 1.54) is 11.8 Å². The largest absolute Gasteiger partial charge is 0.506 e. The lowest BCUT2D eigenvalue weighted by atomic mass is 10.1. The second-order valence-corrected chi connectivity index (χ2v) is 7.13. The summed E-state index contributed by atoms with van der Waals surface area (Å²) in [5.74, 6) is -0.244. The molecular formula is C15H8Br2O3S. The summed E-state index contributed by atoms with van der Waals surface area (Å²) in [6, 6.07) is 8.95. The van der Waals surface area contributed by atoms with E-state index in [0.717, 1.165) is 4.90 Å². The van der Waals surface area contributed by atoms with Gasteiger partial charge in [-0.2, -0.15) is 0 Å². The number of ketones is 1. The number of carbonyl (C=O) groups is 1. The van der Waals surface area contributed by atoms with Gasteiger partial charge in [-0.25, -0.2) is 0 Å². The fourth-order valence-corrected chi connectivity index (χ4v) is 4.20. The molecule has 0 saturated carbocycles. The van der Waals surface area contributed by atoms with Crippen LogP contribution in [0.3, 0.4) is 0 Å². The lowest BCUT2D eigenvalue weighted by Gasteiger charge is -2.07. The van der Waals surface area contributed by atoms with Gasteiger partial charge in [0.2, 0.25) is 5.78 Å². The Kier molecular flexibility index (Phi) is 3.86. The predicted molar refractivity (Wildman–Crippen MR) is 89.8 cm³/mol. The summed E-state index contributed by atoms with van der Waals surface area (Å²) in [5, 5.41) is 19.8. The van der Waals surface area contributed by atoms with Crippen LogP contribution in [0, 0.1) is 0 Å². The average Bonchev–Trinajstić information content (AvgIpc) is 2.79. The zero-order valence-corrected chi connectivity index (χ0v) is 14.4. The number of Topliss-reactive ketones (excluding diaryl/α,β-unsaturated/α-hetero) is 1. The highest BCUT2D eigenvalue weighted by Crippen LogP contribution is 2.45. The highest BCUT2D eigenvalue weighted by Gasteiger charge is 2.26. The summed E-state index contributed by atoms with van der Waals surface area (Å²) < 4.78 is 0.628. The number of hydrogen-bond donors (Lipinski definition) is 2. The zero-order valence-electron chi connectivity index (χ0n) is 10.4. The molecule has 0 unspecified atom stereocenters. The Balaban J connectivity index is 2.08. The standard InChI is InChI=1S/C15H8Br2O3S/c16-9-5-7(13(18)12(17)15(9)20)6-11-14(19)8-3-1-2-4-10(8)21-11/h1-6,18,20H/b11-6-. The van der Waals surface area contributed by atoms with Gasteiger partial charge in [-0.15, -0.1) is 0 Å². The summed E-state index contributed by atoms with van der Waals surface area (Å²) in [7, 11) is 0. The number of rotatable bonds is 1. The Morgan fingerprint density at radius 3 is 2.52 bits per heavy atom. The summed E-state index contributed by atoms with van der Waals surface area (Å²) >= 11 is 7.71. The predicted octanol–water partition coefficient (Wildman–Crippen LogP) is 4.95. The number of allylic oxidation sites excluding steroid dienone is 1. The smallest absolute Gasteiger partial charge is 0.200 e. The normalized spacial score (nSPS) is 15.5. The maximum Gasteiger partial charge on any atom is 0.200 e. The minimum atomic E-state index is -0.104. The first-order valence-electron chi connectivity index (χ1n) is 5.92. The lowest BCUT2D eigenvalue weighted by molar-refractivity contribution is 0.104. The molecule has 1 aliphatic heterocycles. The van der Waals surface area contributed by atoms with E-state index in [1.807, 2.05) is 18.2 Å². The molecule has 0 bridgehead atoms. The van der Waals surface area contributed by atoms with Gasteiger partial charge in [0.05, 0.1) is 9.38 Å². The van der Waals surface area contributed by atoms with E-state index in [-0.39, 0.29) is 21.8 Å². The number of thioether (sulfide) groups is 1. The molecule has 2 aromatic rings. The minimum absolute atomic E-state index is 0.0599. The number of carbonyl (C=O) groups excluding carboxylic acids is 1. The van der Waals surface area contributed by atoms with Crippen LogP contribution in [0.2, 0.25) is 0 Å². The molecule has 0 atom stereocenters. The number of phenolic OH excluding ortho intramolecular Hbond substituents is 2. The first kappa shape index (κ1) is 14.7.